The molecule has 4 rings (SSSR count). The van der Waals surface area contributed by atoms with Crippen molar-refractivity contribution >= 4 is 17.7 Å². The van der Waals surface area contributed by atoms with E-state index in [2.05, 4.69) is 5.10 Å². The Morgan fingerprint density at radius 2 is 1.85 bits per heavy atom. The maximum Gasteiger partial charge on any atom is 0.410 e. The molecule has 1 aromatic heterocycles. The van der Waals surface area contributed by atoms with Gasteiger partial charge in [0, 0.05) is 30.2 Å². The van der Waals surface area contributed by atoms with E-state index >= 15 is 0 Å². The highest BCUT2D eigenvalue weighted by molar-refractivity contribution is 6.07. The van der Waals surface area contributed by atoms with Crippen molar-refractivity contribution in [3.63, 3.8) is 0 Å². The van der Waals surface area contributed by atoms with E-state index in [1.807, 2.05) is 89.3 Å². The Labute approximate surface area is 194 Å². The van der Waals surface area contributed by atoms with E-state index in [-0.39, 0.29) is 18.0 Å². The highest BCUT2D eigenvalue weighted by atomic mass is 16.6. The van der Waals surface area contributed by atoms with Crippen LogP contribution in [0, 0.1) is 6.92 Å². The lowest BCUT2D eigenvalue weighted by atomic mass is 10.0. The first-order valence-corrected chi connectivity index (χ1v) is 11.1. The number of hydrogen-bond donors (Lipinski definition) is 0. The van der Waals surface area contributed by atoms with Crippen LogP contribution in [0.1, 0.15) is 49.2 Å². The summed E-state index contributed by atoms with van der Waals surface area (Å²) in [4.78, 5) is 30.2. The number of amides is 2. The third-order valence-electron chi connectivity index (χ3n) is 5.68. The predicted molar refractivity (Wildman–Crippen MR) is 128 cm³/mol. The van der Waals surface area contributed by atoms with Crippen LogP contribution < -0.4 is 4.90 Å². The van der Waals surface area contributed by atoms with Crippen LogP contribution >= 0.6 is 0 Å². The monoisotopic (exact) mass is 446 g/mol. The molecule has 2 amide bonds. The average Bonchev–Trinajstić information content (AvgIpc) is 3.24. The first kappa shape index (κ1) is 22.6. The van der Waals surface area contributed by atoms with Crippen molar-refractivity contribution in [3.05, 3.63) is 77.6 Å². The second-order valence-corrected chi connectivity index (χ2v) is 9.45. The molecule has 33 heavy (non-hydrogen) atoms. The van der Waals surface area contributed by atoms with Crippen LogP contribution in [0.25, 0.3) is 5.69 Å². The minimum Gasteiger partial charge on any atom is -0.444 e. The Morgan fingerprint density at radius 3 is 2.52 bits per heavy atom. The number of anilines is 1. The molecule has 172 valence electrons. The van der Waals surface area contributed by atoms with E-state index < -0.39 is 5.60 Å². The quantitative estimate of drug-likeness (QED) is 0.558. The van der Waals surface area contributed by atoms with Gasteiger partial charge in [0.1, 0.15) is 5.60 Å². The van der Waals surface area contributed by atoms with Gasteiger partial charge in [0.05, 0.1) is 18.3 Å². The van der Waals surface area contributed by atoms with E-state index in [1.54, 1.807) is 20.7 Å². The molecule has 0 saturated heterocycles. The van der Waals surface area contributed by atoms with Crippen molar-refractivity contribution < 1.29 is 14.3 Å². The molecule has 1 aliphatic rings. The Balaban J connectivity index is 1.67. The first-order valence-electron chi connectivity index (χ1n) is 11.1. The summed E-state index contributed by atoms with van der Waals surface area (Å²) in [5, 5.41) is 4.27. The molecule has 0 N–H and O–H groups in total. The van der Waals surface area contributed by atoms with Gasteiger partial charge in [0.25, 0.3) is 5.91 Å². The van der Waals surface area contributed by atoms with Gasteiger partial charge in [-0.05, 0) is 76.1 Å². The molecular weight excluding hydrogens is 416 g/mol. The number of nitrogens with zero attached hydrogens (tertiary/aromatic N) is 4. The number of rotatable bonds is 2. The lowest BCUT2D eigenvalue weighted by Gasteiger charge is -2.31. The van der Waals surface area contributed by atoms with Crippen LogP contribution in [0.3, 0.4) is 0 Å². The lowest BCUT2D eigenvalue weighted by Crippen LogP contribution is -2.46. The topological polar surface area (TPSA) is 67.7 Å². The van der Waals surface area contributed by atoms with Gasteiger partial charge in [-0.3, -0.25) is 9.69 Å². The number of fused-ring (bicyclic) bond motifs is 1. The number of para-hydroxylation sites is 1. The molecular formula is C26H30N4O3. The molecule has 0 radical (unpaired) electrons. The Bertz CT molecular complexity index is 1160. The average molecular weight is 447 g/mol. The molecule has 2 aromatic carbocycles. The third kappa shape index (κ3) is 4.77. The summed E-state index contributed by atoms with van der Waals surface area (Å²) in [6.07, 6.45) is 3.22. The van der Waals surface area contributed by atoms with Gasteiger partial charge in [0.15, 0.2) is 0 Å². The highest BCUT2D eigenvalue weighted by Crippen LogP contribution is 2.30. The predicted octanol–water partition coefficient (Wildman–Crippen LogP) is 4.97. The third-order valence-corrected chi connectivity index (χ3v) is 5.68. The molecule has 0 fully saturated rings. The van der Waals surface area contributed by atoms with E-state index in [0.717, 1.165) is 22.5 Å². The highest BCUT2D eigenvalue weighted by Gasteiger charge is 2.34. The Hall–Kier alpha value is -3.61. The van der Waals surface area contributed by atoms with Crippen molar-refractivity contribution in [1.29, 1.82) is 0 Å². The summed E-state index contributed by atoms with van der Waals surface area (Å²) in [7, 11) is 0. The standard InChI is InChI=1S/C26H30N4O3/c1-18-15-21(30-14-8-13-27-30)11-12-22(18)24(31)29-16-19(2)28(25(32)33-26(3,4)5)17-20-9-6-7-10-23(20)29/h6-15,19H,16-17H2,1-5H3/t19-/m1/s1. The molecule has 0 unspecified atom stereocenters. The van der Waals surface area contributed by atoms with Crippen molar-refractivity contribution in [2.24, 2.45) is 0 Å². The van der Waals surface area contributed by atoms with Crippen LogP contribution in [0.4, 0.5) is 10.5 Å². The fourth-order valence-corrected chi connectivity index (χ4v) is 4.06. The van der Waals surface area contributed by atoms with Crippen molar-refractivity contribution in [3.8, 4) is 5.69 Å². The SMILES string of the molecule is Cc1cc(-n2cccn2)ccc1C(=O)N1C[C@@H](C)N(C(=O)OC(C)(C)C)Cc2ccccc21. The smallest absolute Gasteiger partial charge is 0.410 e. The molecule has 3 aromatic rings. The summed E-state index contributed by atoms with van der Waals surface area (Å²) in [6, 6.07) is 15.1. The second-order valence-electron chi connectivity index (χ2n) is 9.45. The second kappa shape index (κ2) is 8.73. The van der Waals surface area contributed by atoms with E-state index in [9.17, 15) is 9.59 Å². The van der Waals surface area contributed by atoms with Crippen molar-refractivity contribution in [2.45, 2.75) is 52.8 Å². The van der Waals surface area contributed by atoms with Gasteiger partial charge in [-0.1, -0.05) is 18.2 Å². The minimum absolute atomic E-state index is 0.0927. The molecule has 1 atom stereocenters. The summed E-state index contributed by atoms with van der Waals surface area (Å²) >= 11 is 0. The number of carbonyl (C=O) groups excluding carboxylic acids is 2. The largest absolute Gasteiger partial charge is 0.444 e. The van der Waals surface area contributed by atoms with Crippen LogP contribution in [-0.2, 0) is 11.3 Å². The zero-order chi connectivity index (χ0) is 23.8. The molecule has 0 bridgehead atoms. The fourth-order valence-electron chi connectivity index (χ4n) is 4.06. The van der Waals surface area contributed by atoms with Crippen LogP contribution in [-0.4, -0.2) is 44.9 Å². The summed E-state index contributed by atoms with van der Waals surface area (Å²) in [5.41, 5.74) is 3.52. The van der Waals surface area contributed by atoms with Gasteiger partial charge >= 0.3 is 6.09 Å². The summed E-state index contributed by atoms with van der Waals surface area (Å²) < 4.78 is 7.41. The molecule has 2 heterocycles. The Morgan fingerprint density at radius 1 is 1.09 bits per heavy atom. The van der Waals surface area contributed by atoms with E-state index in [1.165, 1.54) is 0 Å². The summed E-state index contributed by atoms with van der Waals surface area (Å²) in [6.45, 7) is 10.2. The normalized spacial score (nSPS) is 16.2. The number of hydrogen-bond acceptors (Lipinski definition) is 4. The van der Waals surface area contributed by atoms with Crippen LogP contribution in [0.5, 0.6) is 0 Å². The van der Waals surface area contributed by atoms with Crippen LogP contribution in [0.2, 0.25) is 0 Å². The number of benzene rings is 2. The van der Waals surface area contributed by atoms with Crippen molar-refractivity contribution in [2.75, 3.05) is 11.4 Å². The maximum atomic E-state index is 13.8. The Kier molecular flexibility index (Phi) is 5.97. The molecule has 0 aliphatic carbocycles. The molecule has 0 saturated carbocycles. The molecule has 1 aliphatic heterocycles. The zero-order valence-corrected chi connectivity index (χ0v) is 19.8. The first-order chi connectivity index (χ1) is 15.6. The molecule has 0 spiro atoms. The van der Waals surface area contributed by atoms with Gasteiger partial charge in [-0.2, -0.15) is 5.10 Å². The van der Waals surface area contributed by atoms with Gasteiger partial charge in [0.2, 0.25) is 0 Å². The summed E-state index contributed by atoms with van der Waals surface area (Å²) in [5.74, 6) is -0.0927. The minimum atomic E-state index is -0.592. The van der Waals surface area contributed by atoms with Gasteiger partial charge in [-0.25, -0.2) is 9.48 Å². The maximum absolute atomic E-state index is 13.8. The van der Waals surface area contributed by atoms with E-state index in [4.69, 9.17) is 4.74 Å². The lowest BCUT2D eigenvalue weighted by molar-refractivity contribution is 0.0167. The van der Waals surface area contributed by atoms with Crippen LogP contribution in [0.15, 0.2) is 60.9 Å². The van der Waals surface area contributed by atoms with Gasteiger partial charge in [-0.15, -0.1) is 0 Å². The van der Waals surface area contributed by atoms with Crippen molar-refractivity contribution in [1.82, 2.24) is 14.7 Å². The number of aromatic nitrogens is 2. The number of carbonyl (C=O) groups is 2. The molecule has 7 nitrogen and oxygen atoms in total. The number of ether oxygens (including phenoxy) is 1. The fraction of sp³-hybridized carbons (Fsp3) is 0.346. The zero-order valence-electron chi connectivity index (χ0n) is 19.8. The number of aryl methyl sites for hydroxylation is 1. The van der Waals surface area contributed by atoms with E-state index in [0.29, 0.717) is 18.7 Å². The molecule has 7 heteroatoms. The van der Waals surface area contributed by atoms with Gasteiger partial charge < -0.3 is 9.64 Å².